The minimum absolute atomic E-state index is 0.307. The van der Waals surface area contributed by atoms with Crippen molar-refractivity contribution in [1.29, 1.82) is 0 Å². The van der Waals surface area contributed by atoms with E-state index in [2.05, 4.69) is 15.3 Å². The van der Waals surface area contributed by atoms with E-state index in [0.29, 0.717) is 22.4 Å². The number of nitrogens with zero attached hydrogens (tertiary/aromatic N) is 2. The SMILES string of the molecule is CS(=O)(=O)c1ccc(CNc2cc(Cl)ncn2)cc1. The van der Waals surface area contributed by atoms with Crippen LogP contribution in [0.4, 0.5) is 5.82 Å². The van der Waals surface area contributed by atoms with Crippen LogP contribution in [0.3, 0.4) is 0 Å². The van der Waals surface area contributed by atoms with Gasteiger partial charge in [-0.2, -0.15) is 0 Å². The van der Waals surface area contributed by atoms with E-state index in [9.17, 15) is 8.42 Å². The van der Waals surface area contributed by atoms with Gasteiger partial charge in [-0.3, -0.25) is 0 Å². The van der Waals surface area contributed by atoms with E-state index in [1.54, 1.807) is 30.3 Å². The molecular formula is C12H12ClN3O2S. The molecule has 100 valence electrons. The van der Waals surface area contributed by atoms with Gasteiger partial charge in [0.05, 0.1) is 4.90 Å². The van der Waals surface area contributed by atoms with Gasteiger partial charge >= 0.3 is 0 Å². The van der Waals surface area contributed by atoms with Crippen molar-refractivity contribution in [3.63, 3.8) is 0 Å². The molecule has 0 amide bonds. The molecule has 0 unspecified atom stereocenters. The first-order chi connectivity index (χ1) is 8.95. The summed E-state index contributed by atoms with van der Waals surface area (Å²) in [6, 6.07) is 8.30. The highest BCUT2D eigenvalue weighted by molar-refractivity contribution is 7.90. The molecule has 2 rings (SSSR count). The Morgan fingerprint density at radius 2 is 1.89 bits per heavy atom. The average molecular weight is 298 g/mol. The quantitative estimate of drug-likeness (QED) is 0.876. The van der Waals surface area contributed by atoms with Crippen molar-refractivity contribution in [2.24, 2.45) is 0 Å². The summed E-state index contributed by atoms with van der Waals surface area (Å²) >= 11 is 5.74. The first kappa shape index (κ1) is 13.8. The van der Waals surface area contributed by atoms with Crippen LogP contribution >= 0.6 is 11.6 Å². The van der Waals surface area contributed by atoms with Crippen LogP contribution in [-0.4, -0.2) is 24.6 Å². The molecule has 2 aromatic rings. The van der Waals surface area contributed by atoms with Crippen molar-refractivity contribution in [2.75, 3.05) is 11.6 Å². The number of hydrogen-bond acceptors (Lipinski definition) is 5. The summed E-state index contributed by atoms with van der Waals surface area (Å²) in [7, 11) is -3.15. The molecule has 19 heavy (non-hydrogen) atoms. The van der Waals surface area contributed by atoms with Gasteiger partial charge in [0.2, 0.25) is 0 Å². The highest BCUT2D eigenvalue weighted by Gasteiger charge is 2.06. The highest BCUT2D eigenvalue weighted by atomic mass is 35.5. The van der Waals surface area contributed by atoms with Gasteiger partial charge in [0.25, 0.3) is 0 Å². The molecule has 1 aromatic heterocycles. The summed E-state index contributed by atoms with van der Waals surface area (Å²) < 4.78 is 22.6. The standard InChI is InChI=1S/C12H12ClN3O2S/c1-19(17,18)10-4-2-9(3-5-10)7-14-12-6-11(13)15-8-16-12/h2-6,8H,7H2,1H3,(H,14,15,16). The third-order valence-corrected chi connectivity index (χ3v) is 3.79. The van der Waals surface area contributed by atoms with E-state index in [1.807, 2.05) is 0 Å². The van der Waals surface area contributed by atoms with Crippen LogP contribution in [0.2, 0.25) is 5.15 Å². The van der Waals surface area contributed by atoms with Crippen molar-refractivity contribution in [3.05, 3.63) is 47.4 Å². The zero-order chi connectivity index (χ0) is 13.9. The second-order valence-corrected chi connectivity index (χ2v) is 6.40. The number of nitrogens with one attached hydrogen (secondary N) is 1. The maximum atomic E-state index is 11.3. The Bertz CT molecular complexity index is 672. The number of hydrogen-bond donors (Lipinski definition) is 1. The summed E-state index contributed by atoms with van der Waals surface area (Å²) in [4.78, 5) is 8.10. The van der Waals surface area contributed by atoms with Crippen LogP contribution in [0.25, 0.3) is 0 Å². The van der Waals surface area contributed by atoms with Gasteiger partial charge in [0.1, 0.15) is 17.3 Å². The first-order valence-electron chi connectivity index (χ1n) is 5.45. The summed E-state index contributed by atoms with van der Waals surface area (Å²) in [5.41, 5.74) is 0.946. The molecule has 1 N–H and O–H groups in total. The molecule has 0 aliphatic carbocycles. The van der Waals surface area contributed by atoms with Crippen LogP contribution in [-0.2, 0) is 16.4 Å². The van der Waals surface area contributed by atoms with E-state index in [-0.39, 0.29) is 0 Å². The molecule has 0 fully saturated rings. The minimum atomic E-state index is -3.15. The Hall–Kier alpha value is -1.66. The highest BCUT2D eigenvalue weighted by Crippen LogP contribution is 2.13. The molecule has 0 aliphatic rings. The summed E-state index contributed by atoms with van der Waals surface area (Å²) in [6.45, 7) is 0.525. The van der Waals surface area contributed by atoms with Crippen LogP contribution in [0, 0.1) is 0 Å². The number of halogens is 1. The lowest BCUT2D eigenvalue weighted by atomic mass is 10.2. The fourth-order valence-corrected chi connectivity index (χ4v) is 2.25. The summed E-state index contributed by atoms with van der Waals surface area (Å²) in [6.07, 6.45) is 2.56. The predicted molar refractivity (Wildman–Crippen MR) is 73.9 cm³/mol. The molecule has 0 aliphatic heterocycles. The molecule has 0 bridgehead atoms. The molecule has 5 nitrogen and oxygen atoms in total. The first-order valence-corrected chi connectivity index (χ1v) is 7.72. The van der Waals surface area contributed by atoms with E-state index in [0.717, 1.165) is 5.56 Å². The van der Waals surface area contributed by atoms with Crippen LogP contribution in [0.15, 0.2) is 41.6 Å². The van der Waals surface area contributed by atoms with Crippen LogP contribution in [0.1, 0.15) is 5.56 Å². The second kappa shape index (κ2) is 5.54. The van der Waals surface area contributed by atoms with Crippen LogP contribution in [0.5, 0.6) is 0 Å². The smallest absolute Gasteiger partial charge is 0.175 e. The Labute approximate surface area is 116 Å². The average Bonchev–Trinajstić information content (AvgIpc) is 2.36. The van der Waals surface area contributed by atoms with Gasteiger partial charge < -0.3 is 5.32 Å². The fraction of sp³-hybridized carbons (Fsp3) is 0.167. The van der Waals surface area contributed by atoms with Crippen molar-refractivity contribution in [1.82, 2.24) is 9.97 Å². The zero-order valence-electron chi connectivity index (χ0n) is 10.2. The van der Waals surface area contributed by atoms with Gasteiger partial charge in [-0.1, -0.05) is 23.7 Å². The van der Waals surface area contributed by atoms with Gasteiger partial charge in [0, 0.05) is 18.9 Å². The monoisotopic (exact) mass is 297 g/mol. The topological polar surface area (TPSA) is 72.0 Å². The second-order valence-electron chi connectivity index (χ2n) is 4.00. The molecule has 0 spiro atoms. The number of aromatic nitrogens is 2. The maximum absolute atomic E-state index is 11.3. The Morgan fingerprint density at radius 3 is 2.47 bits per heavy atom. The number of anilines is 1. The molecule has 0 saturated carbocycles. The van der Waals surface area contributed by atoms with Gasteiger partial charge in [-0.05, 0) is 17.7 Å². The van der Waals surface area contributed by atoms with Gasteiger partial charge in [-0.25, -0.2) is 18.4 Å². The molecule has 0 saturated heterocycles. The lowest BCUT2D eigenvalue weighted by Gasteiger charge is -2.06. The van der Waals surface area contributed by atoms with Crippen LogP contribution < -0.4 is 5.32 Å². The van der Waals surface area contributed by atoms with E-state index < -0.39 is 9.84 Å². The van der Waals surface area contributed by atoms with Gasteiger partial charge in [0.15, 0.2) is 9.84 Å². The maximum Gasteiger partial charge on any atom is 0.175 e. The Kier molecular flexibility index (Phi) is 4.01. The molecule has 1 aromatic carbocycles. The minimum Gasteiger partial charge on any atom is -0.366 e. The number of benzene rings is 1. The zero-order valence-corrected chi connectivity index (χ0v) is 11.7. The summed E-state index contributed by atoms with van der Waals surface area (Å²) in [5.74, 6) is 0.618. The number of rotatable bonds is 4. The molecule has 7 heteroatoms. The van der Waals surface area contributed by atoms with Crippen molar-refractivity contribution >= 4 is 27.3 Å². The van der Waals surface area contributed by atoms with Crippen molar-refractivity contribution in [2.45, 2.75) is 11.4 Å². The number of sulfone groups is 1. The third kappa shape index (κ3) is 3.90. The lowest BCUT2D eigenvalue weighted by Crippen LogP contribution is -2.02. The van der Waals surface area contributed by atoms with E-state index >= 15 is 0 Å². The Balaban J connectivity index is 2.05. The van der Waals surface area contributed by atoms with E-state index in [1.165, 1.54) is 12.6 Å². The van der Waals surface area contributed by atoms with Gasteiger partial charge in [-0.15, -0.1) is 0 Å². The molecule has 0 atom stereocenters. The molecule has 0 radical (unpaired) electrons. The molecule has 1 heterocycles. The lowest BCUT2D eigenvalue weighted by molar-refractivity contribution is 0.602. The molecular weight excluding hydrogens is 286 g/mol. The normalized spacial score (nSPS) is 11.3. The third-order valence-electron chi connectivity index (χ3n) is 2.46. The summed E-state index contributed by atoms with van der Waals surface area (Å²) in [5, 5.41) is 3.44. The largest absolute Gasteiger partial charge is 0.366 e. The van der Waals surface area contributed by atoms with E-state index in [4.69, 9.17) is 11.6 Å². The van der Waals surface area contributed by atoms with Crippen molar-refractivity contribution in [3.8, 4) is 0 Å². The Morgan fingerprint density at radius 1 is 1.21 bits per heavy atom. The fourth-order valence-electron chi connectivity index (χ4n) is 1.48. The predicted octanol–water partition coefficient (Wildman–Crippen LogP) is 2.15. The van der Waals surface area contributed by atoms with Crippen molar-refractivity contribution < 1.29 is 8.42 Å².